The van der Waals surface area contributed by atoms with E-state index in [1.165, 1.54) is 4.31 Å². The molecule has 2 heterocycles. The number of carbonyl (C=O) groups is 1. The summed E-state index contributed by atoms with van der Waals surface area (Å²) in [6.07, 6.45) is 0.654. The van der Waals surface area contributed by atoms with E-state index in [1.807, 2.05) is 11.8 Å². The van der Waals surface area contributed by atoms with Crippen LogP contribution in [0.25, 0.3) is 0 Å². The third-order valence-corrected chi connectivity index (χ3v) is 6.13. The molecule has 0 spiro atoms. The molecule has 0 aliphatic carbocycles. The van der Waals surface area contributed by atoms with Crippen molar-refractivity contribution in [3.05, 3.63) is 29.8 Å². The number of rotatable bonds is 2. The van der Waals surface area contributed by atoms with Crippen LogP contribution in [-0.2, 0) is 10.0 Å². The van der Waals surface area contributed by atoms with E-state index in [0.717, 1.165) is 13.1 Å². The van der Waals surface area contributed by atoms with Crippen molar-refractivity contribution in [2.75, 3.05) is 36.2 Å². The maximum Gasteiger partial charge on any atom is 0.254 e. The fourth-order valence-electron chi connectivity index (χ4n) is 3.01. The third kappa shape index (κ3) is 2.83. The number of carbonyl (C=O) groups excluding carboxylic acids is 1. The molecular weight excluding hydrogens is 302 g/mol. The van der Waals surface area contributed by atoms with Gasteiger partial charge in [-0.15, -0.1) is 0 Å². The Hall–Kier alpha value is -1.60. The van der Waals surface area contributed by atoms with Crippen LogP contribution in [-0.4, -0.2) is 57.2 Å². The minimum Gasteiger partial charge on any atom is -0.333 e. The van der Waals surface area contributed by atoms with Gasteiger partial charge in [-0.1, -0.05) is 0 Å². The molecule has 3 rings (SSSR count). The highest BCUT2D eigenvalue weighted by atomic mass is 32.2. The second kappa shape index (κ2) is 5.89. The van der Waals surface area contributed by atoms with Gasteiger partial charge < -0.3 is 10.2 Å². The lowest BCUT2D eigenvalue weighted by Crippen LogP contribution is -2.52. The highest BCUT2D eigenvalue weighted by Gasteiger charge is 2.29. The summed E-state index contributed by atoms with van der Waals surface area (Å²) in [7, 11) is -3.17. The van der Waals surface area contributed by atoms with Crippen molar-refractivity contribution in [2.45, 2.75) is 19.4 Å². The van der Waals surface area contributed by atoms with Gasteiger partial charge in [0.15, 0.2) is 0 Å². The van der Waals surface area contributed by atoms with Gasteiger partial charge in [0, 0.05) is 37.8 Å². The van der Waals surface area contributed by atoms with Crippen molar-refractivity contribution in [3.8, 4) is 0 Å². The molecule has 0 radical (unpaired) electrons. The number of amides is 1. The Labute approximate surface area is 131 Å². The zero-order valence-corrected chi connectivity index (χ0v) is 13.5. The van der Waals surface area contributed by atoms with E-state index in [9.17, 15) is 13.2 Å². The van der Waals surface area contributed by atoms with Crippen LogP contribution in [0.2, 0.25) is 0 Å². The Morgan fingerprint density at radius 2 is 1.95 bits per heavy atom. The molecule has 1 atom stereocenters. The summed E-state index contributed by atoms with van der Waals surface area (Å²) < 4.78 is 25.3. The zero-order chi connectivity index (χ0) is 15.7. The summed E-state index contributed by atoms with van der Waals surface area (Å²) in [5.41, 5.74) is 1.25. The van der Waals surface area contributed by atoms with Gasteiger partial charge in [0.05, 0.1) is 11.4 Å². The highest BCUT2D eigenvalue weighted by Crippen LogP contribution is 2.24. The van der Waals surface area contributed by atoms with Crippen LogP contribution in [0.4, 0.5) is 5.69 Å². The Kier molecular flexibility index (Phi) is 4.10. The fraction of sp³-hybridized carbons (Fsp3) is 0.533. The first-order valence-corrected chi connectivity index (χ1v) is 9.22. The average Bonchev–Trinajstić information content (AvgIpc) is 2.87. The molecule has 2 fully saturated rings. The number of nitrogens with zero attached hydrogens (tertiary/aromatic N) is 2. The summed E-state index contributed by atoms with van der Waals surface area (Å²) in [5, 5.41) is 3.26. The molecule has 120 valence electrons. The van der Waals surface area contributed by atoms with Gasteiger partial charge in [-0.25, -0.2) is 8.42 Å². The Morgan fingerprint density at radius 1 is 1.23 bits per heavy atom. The monoisotopic (exact) mass is 323 g/mol. The van der Waals surface area contributed by atoms with E-state index in [0.29, 0.717) is 30.8 Å². The van der Waals surface area contributed by atoms with Crippen LogP contribution in [0.3, 0.4) is 0 Å². The van der Waals surface area contributed by atoms with E-state index in [-0.39, 0.29) is 17.7 Å². The average molecular weight is 323 g/mol. The normalized spacial score (nSPS) is 24.5. The van der Waals surface area contributed by atoms with E-state index < -0.39 is 10.0 Å². The predicted octanol–water partition coefficient (Wildman–Crippen LogP) is 0.660. The van der Waals surface area contributed by atoms with Crippen LogP contribution in [0.15, 0.2) is 24.3 Å². The number of hydrogen-bond donors (Lipinski definition) is 1. The molecule has 0 aromatic heterocycles. The molecule has 0 saturated carbocycles. The van der Waals surface area contributed by atoms with Crippen LogP contribution >= 0.6 is 0 Å². The highest BCUT2D eigenvalue weighted by molar-refractivity contribution is 7.93. The fourth-order valence-corrected chi connectivity index (χ4v) is 4.57. The molecule has 2 saturated heterocycles. The molecule has 1 aromatic rings. The largest absolute Gasteiger partial charge is 0.333 e. The molecule has 0 bridgehead atoms. The summed E-state index contributed by atoms with van der Waals surface area (Å²) in [5.74, 6) is 0.205. The first-order valence-electron chi connectivity index (χ1n) is 7.61. The molecule has 6 nitrogen and oxygen atoms in total. The Bertz CT molecular complexity index is 657. The molecular formula is C15H21N3O3S. The first kappa shape index (κ1) is 15.3. The quantitative estimate of drug-likeness (QED) is 0.868. The van der Waals surface area contributed by atoms with E-state index in [4.69, 9.17) is 0 Å². The van der Waals surface area contributed by atoms with E-state index in [1.54, 1.807) is 24.3 Å². The van der Waals surface area contributed by atoms with Gasteiger partial charge in [-0.3, -0.25) is 9.10 Å². The molecule has 2 aliphatic rings. The second-order valence-electron chi connectivity index (χ2n) is 5.84. The second-order valence-corrected chi connectivity index (χ2v) is 7.85. The lowest BCUT2D eigenvalue weighted by Gasteiger charge is -2.34. The molecule has 1 aromatic carbocycles. The minimum absolute atomic E-state index is 0.00447. The van der Waals surface area contributed by atoms with Crippen molar-refractivity contribution < 1.29 is 13.2 Å². The van der Waals surface area contributed by atoms with Gasteiger partial charge in [0.2, 0.25) is 10.0 Å². The zero-order valence-electron chi connectivity index (χ0n) is 12.7. The molecule has 1 N–H and O–H groups in total. The third-order valence-electron chi connectivity index (χ3n) is 4.26. The van der Waals surface area contributed by atoms with Crippen molar-refractivity contribution in [3.63, 3.8) is 0 Å². The van der Waals surface area contributed by atoms with Gasteiger partial charge in [-0.2, -0.15) is 0 Å². The molecule has 22 heavy (non-hydrogen) atoms. The minimum atomic E-state index is -3.17. The number of sulfonamides is 1. The van der Waals surface area contributed by atoms with Crippen LogP contribution in [0.1, 0.15) is 23.7 Å². The number of nitrogens with one attached hydrogen (secondary N) is 1. The smallest absolute Gasteiger partial charge is 0.254 e. The summed E-state index contributed by atoms with van der Waals surface area (Å²) in [6, 6.07) is 7.06. The van der Waals surface area contributed by atoms with Crippen molar-refractivity contribution in [1.29, 1.82) is 0 Å². The molecule has 0 unspecified atom stereocenters. The molecule has 1 amide bonds. The van der Waals surface area contributed by atoms with Gasteiger partial charge in [-0.05, 0) is 37.6 Å². The summed E-state index contributed by atoms with van der Waals surface area (Å²) in [6.45, 7) is 4.85. The maximum absolute atomic E-state index is 12.5. The number of anilines is 1. The van der Waals surface area contributed by atoms with Crippen LogP contribution in [0.5, 0.6) is 0 Å². The first-order chi connectivity index (χ1) is 10.5. The number of piperazine rings is 1. The van der Waals surface area contributed by atoms with Crippen molar-refractivity contribution in [2.24, 2.45) is 0 Å². The van der Waals surface area contributed by atoms with Crippen LogP contribution < -0.4 is 9.62 Å². The SMILES string of the molecule is C[C@H]1CNCCN1C(=O)c1ccc(N2CCCS2(=O)=O)cc1. The summed E-state index contributed by atoms with van der Waals surface area (Å²) >= 11 is 0. The summed E-state index contributed by atoms with van der Waals surface area (Å²) in [4.78, 5) is 14.4. The van der Waals surface area contributed by atoms with Crippen molar-refractivity contribution >= 4 is 21.6 Å². The topological polar surface area (TPSA) is 69.7 Å². The lowest BCUT2D eigenvalue weighted by atomic mass is 10.1. The Balaban J connectivity index is 1.78. The van der Waals surface area contributed by atoms with E-state index in [2.05, 4.69) is 5.32 Å². The molecule has 2 aliphatic heterocycles. The van der Waals surface area contributed by atoms with Gasteiger partial charge in [0.25, 0.3) is 5.91 Å². The van der Waals surface area contributed by atoms with Gasteiger partial charge >= 0.3 is 0 Å². The van der Waals surface area contributed by atoms with Crippen LogP contribution in [0, 0.1) is 0 Å². The standard InChI is InChI=1S/C15H21N3O3S/c1-12-11-16-7-9-17(12)15(19)13-3-5-14(6-4-13)18-8-2-10-22(18,20)21/h3-6,12,16H,2,7-11H2,1H3/t12-/m0/s1. The lowest BCUT2D eigenvalue weighted by molar-refractivity contribution is 0.0656. The predicted molar refractivity (Wildman–Crippen MR) is 85.6 cm³/mol. The maximum atomic E-state index is 12.5. The Morgan fingerprint density at radius 3 is 2.55 bits per heavy atom. The number of benzene rings is 1. The number of hydrogen-bond acceptors (Lipinski definition) is 4. The van der Waals surface area contributed by atoms with E-state index >= 15 is 0 Å². The molecule has 7 heteroatoms. The van der Waals surface area contributed by atoms with Gasteiger partial charge in [0.1, 0.15) is 0 Å². The van der Waals surface area contributed by atoms with Crippen molar-refractivity contribution in [1.82, 2.24) is 10.2 Å².